The van der Waals surface area contributed by atoms with Gasteiger partial charge in [-0.05, 0) is 32.7 Å². The molecule has 16 heavy (non-hydrogen) atoms. The van der Waals surface area contributed by atoms with Gasteiger partial charge < -0.3 is 9.64 Å². The number of ether oxygens (including phenoxy) is 1. The Balaban J connectivity index is 2.26. The third kappa shape index (κ3) is 4.47. The topological polar surface area (TPSA) is 67.6 Å². The van der Waals surface area contributed by atoms with E-state index in [2.05, 4.69) is 10.3 Å². The average molecular weight is 229 g/mol. The molecule has 0 aromatic rings. The molecule has 94 valence electrons. The van der Waals surface area contributed by atoms with E-state index in [1.54, 1.807) is 0 Å². The van der Waals surface area contributed by atoms with Gasteiger partial charge in [-0.15, -0.1) is 0 Å². The molecule has 5 heteroatoms. The van der Waals surface area contributed by atoms with Crippen molar-refractivity contribution in [2.24, 2.45) is 11.8 Å². The molecule has 2 unspecified atom stereocenters. The highest BCUT2D eigenvalue weighted by Gasteiger charge is 2.19. The van der Waals surface area contributed by atoms with Crippen LogP contribution in [-0.4, -0.2) is 43.7 Å². The number of hydrogen-bond donors (Lipinski definition) is 2. The van der Waals surface area contributed by atoms with E-state index in [4.69, 9.17) is 10.6 Å². The number of hydrogen-bond acceptors (Lipinski definition) is 4. The second-order valence-corrected chi connectivity index (χ2v) is 4.64. The zero-order valence-electron chi connectivity index (χ0n) is 10.2. The lowest BCUT2D eigenvalue weighted by Gasteiger charge is -2.30. The van der Waals surface area contributed by atoms with Gasteiger partial charge in [0.25, 0.3) is 0 Å². The Labute approximate surface area is 97.3 Å². The molecule has 5 nitrogen and oxygen atoms in total. The number of rotatable bonds is 5. The number of carbonyl (C=O) groups excluding carboxylic acids is 1. The van der Waals surface area contributed by atoms with Crippen LogP contribution in [0.25, 0.3) is 0 Å². The highest BCUT2D eigenvalue weighted by Crippen LogP contribution is 2.15. The van der Waals surface area contributed by atoms with E-state index in [0.717, 1.165) is 26.2 Å². The van der Waals surface area contributed by atoms with Gasteiger partial charge in [-0.25, -0.2) is 5.84 Å². The smallest absolute Gasteiger partial charge is 0.235 e. The van der Waals surface area contributed by atoms with Crippen molar-refractivity contribution in [1.29, 1.82) is 0 Å². The molecular weight excluding hydrogens is 206 g/mol. The van der Waals surface area contributed by atoms with Gasteiger partial charge in [0, 0.05) is 25.6 Å². The summed E-state index contributed by atoms with van der Waals surface area (Å²) in [5, 5.41) is 0. The van der Waals surface area contributed by atoms with Crippen LogP contribution >= 0.6 is 0 Å². The number of nitrogens with one attached hydrogen (secondary N) is 1. The van der Waals surface area contributed by atoms with Crippen molar-refractivity contribution >= 4 is 5.91 Å². The highest BCUT2D eigenvalue weighted by atomic mass is 16.5. The monoisotopic (exact) mass is 229 g/mol. The zero-order valence-corrected chi connectivity index (χ0v) is 10.2. The van der Waals surface area contributed by atoms with E-state index >= 15 is 0 Å². The van der Waals surface area contributed by atoms with Crippen molar-refractivity contribution in [2.75, 3.05) is 26.8 Å². The van der Waals surface area contributed by atoms with Crippen LogP contribution in [0.1, 0.15) is 26.2 Å². The fourth-order valence-electron chi connectivity index (χ4n) is 2.02. The summed E-state index contributed by atoms with van der Waals surface area (Å²) in [6.07, 6.45) is 2.82. The van der Waals surface area contributed by atoms with Gasteiger partial charge in [-0.1, -0.05) is 0 Å². The van der Waals surface area contributed by atoms with Crippen LogP contribution in [0.2, 0.25) is 0 Å². The molecule has 0 aromatic carbocycles. The maximum atomic E-state index is 11.1. The van der Waals surface area contributed by atoms with Gasteiger partial charge in [0.2, 0.25) is 5.91 Å². The van der Waals surface area contributed by atoms with Gasteiger partial charge in [-0.3, -0.25) is 10.2 Å². The van der Waals surface area contributed by atoms with Crippen LogP contribution in [0, 0.1) is 5.92 Å². The predicted molar refractivity (Wildman–Crippen MR) is 62.6 cm³/mol. The third-order valence-corrected chi connectivity index (χ3v) is 3.20. The van der Waals surface area contributed by atoms with Crippen LogP contribution in [0.3, 0.4) is 0 Å². The molecule has 1 heterocycles. The first-order chi connectivity index (χ1) is 7.63. The van der Waals surface area contributed by atoms with E-state index in [9.17, 15) is 4.79 Å². The minimum atomic E-state index is -0.112. The molecule has 1 amide bonds. The lowest BCUT2D eigenvalue weighted by atomic mass is 10.0. The first-order valence-electron chi connectivity index (χ1n) is 5.91. The number of hydrazine groups is 1. The Morgan fingerprint density at radius 1 is 1.69 bits per heavy atom. The highest BCUT2D eigenvalue weighted by molar-refractivity contribution is 5.75. The van der Waals surface area contributed by atoms with Gasteiger partial charge in [0.05, 0.1) is 6.61 Å². The summed E-state index contributed by atoms with van der Waals surface area (Å²) in [5.41, 5.74) is 2.16. The van der Waals surface area contributed by atoms with Crippen LogP contribution in [0.4, 0.5) is 0 Å². The summed E-state index contributed by atoms with van der Waals surface area (Å²) >= 11 is 0. The average Bonchev–Trinajstić information content (AvgIpc) is 2.30. The Bertz CT molecular complexity index is 217. The van der Waals surface area contributed by atoms with Crippen molar-refractivity contribution in [3.63, 3.8) is 0 Å². The standard InChI is InChI=1S/C11H23N3O2/c1-9(6-11(15)13-12)14(2)7-10-4-3-5-16-8-10/h9-10H,3-8,12H2,1-2H3,(H,13,15). The Hall–Kier alpha value is -0.650. The number of nitrogens with two attached hydrogens (primary N) is 1. The molecule has 0 radical (unpaired) electrons. The van der Waals surface area contributed by atoms with E-state index in [-0.39, 0.29) is 11.9 Å². The Kier molecular flexibility index (Phi) is 5.73. The molecule has 0 aromatic heterocycles. The lowest BCUT2D eigenvalue weighted by Crippen LogP contribution is -2.40. The van der Waals surface area contributed by atoms with Crippen molar-refractivity contribution in [2.45, 2.75) is 32.2 Å². The van der Waals surface area contributed by atoms with E-state index in [1.165, 1.54) is 6.42 Å². The summed E-state index contributed by atoms with van der Waals surface area (Å²) in [7, 11) is 2.04. The molecule has 1 fully saturated rings. The summed E-state index contributed by atoms with van der Waals surface area (Å²) in [6, 6.07) is 0.213. The van der Waals surface area contributed by atoms with E-state index in [0.29, 0.717) is 12.3 Å². The summed E-state index contributed by atoms with van der Waals surface area (Å²) < 4.78 is 5.44. The Morgan fingerprint density at radius 3 is 3.00 bits per heavy atom. The fraction of sp³-hybridized carbons (Fsp3) is 0.909. The largest absolute Gasteiger partial charge is 0.381 e. The van der Waals surface area contributed by atoms with Crippen molar-refractivity contribution in [1.82, 2.24) is 10.3 Å². The molecule has 1 rings (SSSR count). The van der Waals surface area contributed by atoms with Crippen LogP contribution in [0.5, 0.6) is 0 Å². The van der Waals surface area contributed by atoms with Crippen molar-refractivity contribution in [3.05, 3.63) is 0 Å². The molecule has 3 N–H and O–H groups in total. The lowest BCUT2D eigenvalue weighted by molar-refractivity contribution is -0.122. The summed E-state index contributed by atoms with van der Waals surface area (Å²) in [6.45, 7) is 4.77. The minimum Gasteiger partial charge on any atom is -0.381 e. The SMILES string of the molecule is CC(CC(=O)NN)N(C)CC1CCCOC1. The summed E-state index contributed by atoms with van der Waals surface area (Å²) in [4.78, 5) is 13.3. The normalized spacial score (nSPS) is 23.1. The van der Waals surface area contributed by atoms with Gasteiger partial charge in [0.15, 0.2) is 0 Å². The maximum Gasteiger partial charge on any atom is 0.235 e. The number of amides is 1. The zero-order chi connectivity index (χ0) is 12.0. The van der Waals surface area contributed by atoms with Gasteiger partial charge in [-0.2, -0.15) is 0 Å². The maximum absolute atomic E-state index is 11.1. The van der Waals surface area contributed by atoms with E-state index < -0.39 is 0 Å². The molecule has 0 bridgehead atoms. The number of nitrogens with zero attached hydrogens (tertiary/aromatic N) is 1. The second-order valence-electron chi connectivity index (χ2n) is 4.64. The molecule has 1 aliphatic heterocycles. The Morgan fingerprint density at radius 2 is 2.44 bits per heavy atom. The van der Waals surface area contributed by atoms with Crippen LogP contribution < -0.4 is 11.3 Å². The van der Waals surface area contributed by atoms with Crippen molar-refractivity contribution in [3.8, 4) is 0 Å². The molecule has 1 saturated heterocycles. The molecule has 0 spiro atoms. The van der Waals surface area contributed by atoms with E-state index in [1.807, 2.05) is 14.0 Å². The first kappa shape index (κ1) is 13.4. The molecule has 0 saturated carbocycles. The van der Waals surface area contributed by atoms with Crippen LogP contribution in [-0.2, 0) is 9.53 Å². The third-order valence-electron chi connectivity index (χ3n) is 3.20. The first-order valence-corrected chi connectivity index (χ1v) is 5.91. The number of carbonyl (C=O) groups is 1. The molecule has 1 aliphatic rings. The van der Waals surface area contributed by atoms with Gasteiger partial charge in [0.1, 0.15) is 0 Å². The van der Waals surface area contributed by atoms with Crippen LogP contribution in [0.15, 0.2) is 0 Å². The molecule has 0 aliphatic carbocycles. The molecule has 2 atom stereocenters. The second kappa shape index (κ2) is 6.83. The summed E-state index contributed by atoms with van der Waals surface area (Å²) in [5.74, 6) is 5.55. The fourth-order valence-corrected chi connectivity index (χ4v) is 2.02. The quantitative estimate of drug-likeness (QED) is 0.399. The minimum absolute atomic E-state index is 0.112. The molecular formula is C11H23N3O2. The van der Waals surface area contributed by atoms with Gasteiger partial charge >= 0.3 is 0 Å². The predicted octanol–water partition coefficient (Wildman–Crippen LogP) is 0.113. The van der Waals surface area contributed by atoms with Crippen molar-refractivity contribution < 1.29 is 9.53 Å².